The van der Waals surface area contributed by atoms with Gasteiger partial charge < -0.3 is 4.57 Å². The molecule has 1 aliphatic rings. The predicted octanol–water partition coefficient (Wildman–Crippen LogP) is 10.5. The van der Waals surface area contributed by atoms with Crippen molar-refractivity contribution in [3.8, 4) is 50.6 Å². The summed E-state index contributed by atoms with van der Waals surface area (Å²) in [6.45, 7) is 0. The molecule has 1 aliphatic carbocycles. The zero-order chi connectivity index (χ0) is 31.3. The van der Waals surface area contributed by atoms with Gasteiger partial charge in [-0.3, -0.25) is 0 Å². The molecule has 0 radical (unpaired) electrons. The number of para-hydroxylation sites is 1. The first-order valence-electron chi connectivity index (χ1n) is 16.2. The molecule has 7 aromatic carbocycles. The maximum Gasteiger partial charge on any atom is 0.253 e. The number of hydrogen-bond donors (Lipinski definition) is 0. The van der Waals surface area contributed by atoms with Crippen molar-refractivity contribution in [2.45, 2.75) is 0 Å². The Morgan fingerprint density at radius 1 is 0.438 bits per heavy atom. The minimum absolute atomic E-state index is 0.578. The fourth-order valence-electron chi connectivity index (χ4n) is 7.89. The van der Waals surface area contributed by atoms with E-state index in [4.69, 9.17) is 15.1 Å². The Bertz CT molecular complexity index is 2950. The maximum absolute atomic E-state index is 5.03. The molecule has 0 bridgehead atoms. The lowest BCUT2D eigenvalue weighted by Gasteiger charge is -2.14. The van der Waals surface area contributed by atoms with Gasteiger partial charge >= 0.3 is 0 Å². The summed E-state index contributed by atoms with van der Waals surface area (Å²) in [5.74, 6) is 1.22. The summed E-state index contributed by atoms with van der Waals surface area (Å²) in [6.07, 6.45) is 0. The van der Waals surface area contributed by atoms with Gasteiger partial charge in [-0.25, -0.2) is 4.98 Å². The summed E-state index contributed by atoms with van der Waals surface area (Å²) in [5, 5.41) is 11.2. The molecule has 0 N–H and O–H groups in total. The third-order valence-electron chi connectivity index (χ3n) is 9.90. The van der Waals surface area contributed by atoms with Crippen molar-refractivity contribution in [3.63, 3.8) is 0 Å². The van der Waals surface area contributed by atoms with Crippen LogP contribution >= 0.6 is 0 Å². The van der Waals surface area contributed by atoms with Gasteiger partial charge in [0.05, 0.1) is 22.2 Å². The highest BCUT2D eigenvalue weighted by Gasteiger charge is 2.24. The maximum atomic E-state index is 5.03. The Morgan fingerprint density at radius 3 is 1.98 bits per heavy atom. The average Bonchev–Trinajstić information content (AvgIpc) is 3.71. The van der Waals surface area contributed by atoms with Crippen LogP contribution in [0.15, 0.2) is 152 Å². The minimum atomic E-state index is 0.578. The first-order valence-corrected chi connectivity index (χ1v) is 16.2. The van der Waals surface area contributed by atoms with E-state index in [9.17, 15) is 0 Å². The van der Waals surface area contributed by atoms with Crippen LogP contribution in [0, 0.1) is 0 Å². The Kier molecular flexibility index (Phi) is 5.05. The Balaban J connectivity index is 1.16. The molecule has 0 spiro atoms. The van der Waals surface area contributed by atoms with E-state index in [0.29, 0.717) is 11.6 Å². The summed E-state index contributed by atoms with van der Waals surface area (Å²) in [7, 11) is 0. The van der Waals surface area contributed by atoms with Gasteiger partial charge in [-0.05, 0) is 63.4 Å². The van der Waals surface area contributed by atoms with Crippen molar-refractivity contribution >= 4 is 49.3 Å². The Hall–Kier alpha value is -6.59. The van der Waals surface area contributed by atoms with Crippen LogP contribution in [0.25, 0.3) is 99.8 Å². The average molecular weight is 612 g/mol. The van der Waals surface area contributed by atoms with Crippen molar-refractivity contribution in [1.29, 1.82) is 0 Å². The van der Waals surface area contributed by atoms with Gasteiger partial charge in [-0.2, -0.15) is 9.50 Å². The van der Waals surface area contributed by atoms with E-state index in [-0.39, 0.29) is 0 Å². The number of hydrogen-bond acceptors (Lipinski definition) is 3. The van der Waals surface area contributed by atoms with Crippen LogP contribution < -0.4 is 0 Å². The third-order valence-corrected chi connectivity index (χ3v) is 9.90. The van der Waals surface area contributed by atoms with Gasteiger partial charge in [-0.15, -0.1) is 5.10 Å². The lowest BCUT2D eigenvalue weighted by Crippen LogP contribution is -1.97. The molecule has 0 aliphatic heterocycles. The summed E-state index contributed by atoms with van der Waals surface area (Å²) >= 11 is 0. The Labute approximate surface area is 275 Å². The predicted molar refractivity (Wildman–Crippen MR) is 195 cm³/mol. The van der Waals surface area contributed by atoms with Crippen LogP contribution in [-0.2, 0) is 0 Å². The SMILES string of the molecule is c1ccc(-c2nc3nc(-c4cccc(-n5c6cccc7c6c6c8c(cccc8ccc65)-c5ccccc5-7)c4)nn3c3ccccc23)cc1. The molecular formula is C43H25N5. The van der Waals surface area contributed by atoms with E-state index < -0.39 is 0 Å². The number of rotatable bonds is 3. The van der Waals surface area contributed by atoms with E-state index in [1.165, 1.54) is 54.8 Å². The molecule has 5 heteroatoms. The van der Waals surface area contributed by atoms with Gasteiger partial charge in [-0.1, -0.05) is 121 Å². The Morgan fingerprint density at radius 2 is 1.10 bits per heavy atom. The van der Waals surface area contributed by atoms with E-state index in [1.54, 1.807) is 0 Å². The third kappa shape index (κ3) is 3.42. The fourth-order valence-corrected chi connectivity index (χ4v) is 7.89. The molecule has 3 aromatic heterocycles. The summed E-state index contributed by atoms with van der Waals surface area (Å²) < 4.78 is 4.27. The van der Waals surface area contributed by atoms with Crippen LogP contribution in [0.2, 0.25) is 0 Å². The first kappa shape index (κ1) is 25.6. The fraction of sp³-hybridized carbons (Fsp3) is 0. The second-order valence-corrected chi connectivity index (χ2v) is 12.5. The van der Waals surface area contributed by atoms with E-state index in [1.807, 2.05) is 34.8 Å². The van der Waals surface area contributed by atoms with E-state index >= 15 is 0 Å². The molecule has 48 heavy (non-hydrogen) atoms. The van der Waals surface area contributed by atoms with Crippen molar-refractivity contribution in [3.05, 3.63) is 152 Å². The van der Waals surface area contributed by atoms with E-state index in [2.05, 4.69) is 126 Å². The molecule has 10 aromatic rings. The highest BCUT2D eigenvalue weighted by atomic mass is 15.3. The van der Waals surface area contributed by atoms with Gasteiger partial charge in [0.2, 0.25) is 0 Å². The lowest BCUT2D eigenvalue weighted by atomic mass is 9.93. The van der Waals surface area contributed by atoms with Gasteiger partial charge in [0.15, 0.2) is 5.82 Å². The highest BCUT2D eigenvalue weighted by Crippen LogP contribution is 2.49. The minimum Gasteiger partial charge on any atom is -0.309 e. The number of nitrogens with zero attached hydrogens (tertiary/aromatic N) is 5. The lowest BCUT2D eigenvalue weighted by molar-refractivity contribution is 0.988. The van der Waals surface area contributed by atoms with Gasteiger partial charge in [0, 0.05) is 33.0 Å². The quantitative estimate of drug-likeness (QED) is 0.200. The topological polar surface area (TPSA) is 48.0 Å². The smallest absolute Gasteiger partial charge is 0.253 e. The number of fused-ring (bicyclic) bond motifs is 6. The van der Waals surface area contributed by atoms with Crippen molar-refractivity contribution in [2.24, 2.45) is 0 Å². The monoisotopic (exact) mass is 611 g/mol. The zero-order valence-electron chi connectivity index (χ0n) is 25.7. The summed E-state index contributed by atoms with van der Waals surface area (Å²) in [5.41, 5.74) is 12.4. The molecular weight excluding hydrogens is 587 g/mol. The summed E-state index contributed by atoms with van der Waals surface area (Å²) in [6, 6.07) is 53.9. The van der Waals surface area contributed by atoms with Crippen molar-refractivity contribution in [2.75, 3.05) is 0 Å². The normalized spacial score (nSPS) is 12.2. The number of aromatic nitrogens is 5. The molecule has 3 heterocycles. The molecule has 0 saturated heterocycles. The largest absolute Gasteiger partial charge is 0.309 e. The highest BCUT2D eigenvalue weighted by molar-refractivity contribution is 6.30. The van der Waals surface area contributed by atoms with Crippen LogP contribution in [-0.4, -0.2) is 24.1 Å². The molecule has 0 saturated carbocycles. The van der Waals surface area contributed by atoms with Crippen molar-refractivity contribution in [1.82, 2.24) is 24.1 Å². The van der Waals surface area contributed by atoms with Crippen LogP contribution in [0.5, 0.6) is 0 Å². The molecule has 0 amide bonds. The van der Waals surface area contributed by atoms with E-state index in [0.717, 1.165) is 33.4 Å². The molecule has 0 unspecified atom stereocenters. The molecule has 11 rings (SSSR count). The van der Waals surface area contributed by atoms with Crippen molar-refractivity contribution < 1.29 is 0 Å². The number of benzene rings is 7. The molecule has 5 nitrogen and oxygen atoms in total. The second kappa shape index (κ2) is 9.47. The second-order valence-electron chi connectivity index (χ2n) is 12.5. The van der Waals surface area contributed by atoms with Crippen LogP contribution in [0.4, 0.5) is 0 Å². The molecule has 222 valence electrons. The first-order chi connectivity index (χ1) is 23.8. The van der Waals surface area contributed by atoms with Gasteiger partial charge in [0.1, 0.15) is 0 Å². The molecule has 0 atom stereocenters. The molecule has 0 fully saturated rings. The van der Waals surface area contributed by atoms with Crippen LogP contribution in [0.3, 0.4) is 0 Å². The standard InChI is InChI=1S/C43H25N5/c1-2-11-27(12-3-1)41-34-18-6-7-21-35(34)48-43(44-41)45-42(46-48)28-14-8-15-29(25-28)47-36-22-10-20-33-31-17-5-4-16-30(31)32-19-9-13-26-23-24-37(47)40(38(26)32)39(33)36/h1-25H. The summed E-state index contributed by atoms with van der Waals surface area (Å²) in [4.78, 5) is 10.0. The zero-order valence-corrected chi connectivity index (χ0v) is 25.7. The van der Waals surface area contributed by atoms with Crippen LogP contribution in [0.1, 0.15) is 0 Å². The van der Waals surface area contributed by atoms with Gasteiger partial charge in [0.25, 0.3) is 5.78 Å².